The summed E-state index contributed by atoms with van der Waals surface area (Å²) in [5, 5.41) is 28.0. The molecule has 2 heterocycles. The molecule has 3 rings (SSSR count). The van der Waals surface area contributed by atoms with Gasteiger partial charge in [0, 0.05) is 32.2 Å². The van der Waals surface area contributed by atoms with Crippen molar-refractivity contribution in [3.63, 3.8) is 0 Å². The molecule has 1 aromatic heterocycles. The van der Waals surface area contributed by atoms with E-state index < -0.39 is 45.1 Å². The molecular formula is C16H17ClF4N4O4. The second-order valence-corrected chi connectivity index (χ2v) is 6.03. The number of anilines is 1. The zero-order valence-corrected chi connectivity index (χ0v) is 15.9. The van der Waals surface area contributed by atoms with Crippen LogP contribution in [0.15, 0.2) is 12.1 Å². The number of rotatable bonds is 3. The van der Waals surface area contributed by atoms with Gasteiger partial charge in [-0.3, -0.25) is 0 Å². The number of piperazine rings is 1. The van der Waals surface area contributed by atoms with Crippen molar-refractivity contribution in [3.05, 3.63) is 39.8 Å². The second-order valence-electron chi connectivity index (χ2n) is 6.03. The molecule has 13 heteroatoms. The summed E-state index contributed by atoms with van der Waals surface area (Å²) in [6.45, 7) is 2.90. The third kappa shape index (κ3) is 4.08. The molecule has 1 fully saturated rings. The monoisotopic (exact) mass is 440 g/mol. The molecule has 0 saturated carbocycles. The zero-order valence-electron chi connectivity index (χ0n) is 15.1. The molecule has 1 aliphatic rings. The second kappa shape index (κ2) is 8.41. The third-order valence-corrected chi connectivity index (χ3v) is 4.31. The van der Waals surface area contributed by atoms with E-state index in [1.807, 2.05) is 0 Å². The zero-order chi connectivity index (χ0) is 20.6. The number of nitrogens with one attached hydrogen (secondary N) is 1. The highest BCUT2D eigenvalue weighted by Gasteiger charge is 2.52. The Morgan fingerprint density at radius 3 is 2.34 bits per heavy atom. The molecule has 1 saturated heterocycles. The summed E-state index contributed by atoms with van der Waals surface area (Å²) in [5.41, 5.74) is -5.00. The molecule has 0 amide bonds. The number of carbonyl (C=O) groups is 1. The van der Waals surface area contributed by atoms with Crippen LogP contribution in [0.4, 0.5) is 23.2 Å². The highest BCUT2D eigenvalue weighted by atomic mass is 35.5. The molecule has 1 aliphatic heterocycles. The molecule has 1 N–H and O–H groups in total. The fraction of sp³-hybridized carbons (Fsp3) is 0.438. The molecule has 0 radical (unpaired) electrons. The number of esters is 1. The maximum atomic E-state index is 14.5. The summed E-state index contributed by atoms with van der Waals surface area (Å²) in [6.07, 6.45) is -5.34. The fourth-order valence-corrected chi connectivity index (χ4v) is 3.08. The van der Waals surface area contributed by atoms with Gasteiger partial charge in [0.1, 0.15) is 0 Å². The first-order valence-corrected chi connectivity index (χ1v) is 8.39. The number of ether oxygens (including phenoxy) is 1. The smallest absolute Gasteiger partial charge is 0.486 e. The van der Waals surface area contributed by atoms with E-state index in [0.29, 0.717) is 32.2 Å². The van der Waals surface area contributed by atoms with E-state index in [0.717, 1.165) is 6.07 Å². The highest BCUT2D eigenvalue weighted by molar-refractivity contribution is 5.88. The van der Waals surface area contributed by atoms with Crippen LogP contribution in [0, 0.1) is 16.2 Å². The number of hydrogen-bond acceptors (Lipinski definition) is 6. The van der Waals surface area contributed by atoms with Crippen LogP contribution in [-0.4, -0.2) is 38.8 Å². The lowest BCUT2D eigenvalue weighted by atomic mass is 10.2. The number of alkyl halides is 3. The van der Waals surface area contributed by atoms with Gasteiger partial charge in [-0.1, -0.05) is 0 Å². The largest absolute Gasteiger partial charge is 0.618 e. The van der Waals surface area contributed by atoms with Crippen LogP contribution < -0.4 is 19.7 Å². The lowest BCUT2D eigenvalue weighted by Gasteiger charge is -2.29. The van der Waals surface area contributed by atoms with E-state index in [4.69, 9.17) is 0 Å². The maximum Gasteiger partial charge on any atom is 0.486 e. The predicted octanol–water partition coefficient (Wildman–Crippen LogP) is 1.27. The number of halogens is 5. The molecule has 8 nitrogen and oxygen atoms in total. The molecular weight excluding hydrogens is 424 g/mol. The Kier molecular flexibility index (Phi) is 6.58. The average Bonchev–Trinajstić information content (AvgIpc) is 2.64. The van der Waals surface area contributed by atoms with Crippen molar-refractivity contribution >= 4 is 35.1 Å². The standard InChI is InChI=1S/C16H16F4N4O4.ClH/c1-2-28-15(25)13-14(16(18,19)20)24(27)11-7-9(17)10(8-12(11)23(13)26)22-5-3-21-4-6-22;/h7-8,21H,2-6H2,1H3;1H. The molecule has 0 aliphatic carbocycles. The lowest BCUT2D eigenvalue weighted by Crippen LogP contribution is -2.50. The van der Waals surface area contributed by atoms with Crippen LogP contribution in [0.5, 0.6) is 0 Å². The van der Waals surface area contributed by atoms with E-state index in [2.05, 4.69) is 10.1 Å². The van der Waals surface area contributed by atoms with Gasteiger partial charge in [0.05, 0.1) is 18.4 Å². The lowest BCUT2D eigenvalue weighted by molar-refractivity contribution is -0.647. The van der Waals surface area contributed by atoms with Crippen LogP contribution in [-0.2, 0) is 10.9 Å². The van der Waals surface area contributed by atoms with Crippen molar-refractivity contribution in [3.8, 4) is 0 Å². The van der Waals surface area contributed by atoms with Crippen molar-refractivity contribution in [2.24, 2.45) is 0 Å². The molecule has 1 aromatic carbocycles. The Balaban J connectivity index is 0.00000300. The Hall–Kier alpha value is -2.60. The van der Waals surface area contributed by atoms with E-state index in [9.17, 15) is 32.8 Å². The molecule has 2 aromatic rings. The van der Waals surface area contributed by atoms with Gasteiger partial charge in [-0.2, -0.15) is 13.2 Å². The van der Waals surface area contributed by atoms with Crippen LogP contribution in [0.2, 0.25) is 0 Å². The van der Waals surface area contributed by atoms with E-state index >= 15 is 0 Å². The molecule has 160 valence electrons. The fourth-order valence-electron chi connectivity index (χ4n) is 3.08. The van der Waals surface area contributed by atoms with Gasteiger partial charge in [-0.05, 0) is 6.92 Å². The van der Waals surface area contributed by atoms with Crippen LogP contribution in [0.1, 0.15) is 23.1 Å². The first-order valence-electron chi connectivity index (χ1n) is 8.39. The molecule has 0 atom stereocenters. The minimum atomic E-state index is -5.34. The van der Waals surface area contributed by atoms with E-state index in [1.165, 1.54) is 6.92 Å². The SMILES string of the molecule is CCOC(=O)c1c(C(F)(F)F)[n+]([O-])c2cc(F)c(N3CCNCC3)cc2[n+]1[O-].Cl. The van der Waals surface area contributed by atoms with Crippen LogP contribution in [0.25, 0.3) is 11.0 Å². The minimum absolute atomic E-state index is 0. The van der Waals surface area contributed by atoms with Gasteiger partial charge in [0.15, 0.2) is 5.82 Å². The number of hydrogen-bond donors (Lipinski definition) is 1. The van der Waals surface area contributed by atoms with Crippen molar-refractivity contribution in [2.75, 3.05) is 37.7 Å². The topological polar surface area (TPSA) is 95.4 Å². The quantitative estimate of drug-likeness (QED) is 0.334. The van der Waals surface area contributed by atoms with Gasteiger partial charge < -0.3 is 25.4 Å². The summed E-state index contributed by atoms with van der Waals surface area (Å²) in [4.78, 5) is 13.6. The number of aromatic nitrogens is 2. The molecule has 29 heavy (non-hydrogen) atoms. The van der Waals surface area contributed by atoms with Gasteiger partial charge in [0.2, 0.25) is 0 Å². The third-order valence-electron chi connectivity index (χ3n) is 4.31. The summed E-state index contributed by atoms with van der Waals surface area (Å²) in [5.74, 6) is -2.54. The molecule has 0 spiro atoms. The Bertz CT molecular complexity index is 936. The van der Waals surface area contributed by atoms with Crippen molar-refractivity contribution in [1.82, 2.24) is 5.32 Å². The Morgan fingerprint density at radius 2 is 1.79 bits per heavy atom. The van der Waals surface area contributed by atoms with Gasteiger partial charge in [-0.25, -0.2) is 9.18 Å². The van der Waals surface area contributed by atoms with E-state index in [-0.39, 0.29) is 29.4 Å². The van der Waals surface area contributed by atoms with Gasteiger partial charge in [0.25, 0.3) is 11.0 Å². The molecule has 0 unspecified atom stereocenters. The van der Waals surface area contributed by atoms with Crippen molar-refractivity contribution < 1.29 is 36.6 Å². The Morgan fingerprint density at radius 1 is 1.21 bits per heavy atom. The van der Waals surface area contributed by atoms with Crippen molar-refractivity contribution in [2.45, 2.75) is 13.1 Å². The first-order chi connectivity index (χ1) is 13.2. The van der Waals surface area contributed by atoms with Crippen LogP contribution >= 0.6 is 12.4 Å². The van der Waals surface area contributed by atoms with E-state index in [1.54, 1.807) is 4.90 Å². The summed E-state index contributed by atoms with van der Waals surface area (Å²) in [7, 11) is 0. The predicted molar refractivity (Wildman–Crippen MR) is 95.1 cm³/mol. The van der Waals surface area contributed by atoms with Gasteiger partial charge in [-0.15, -0.1) is 21.9 Å². The summed E-state index contributed by atoms with van der Waals surface area (Å²) >= 11 is 0. The number of fused-ring (bicyclic) bond motifs is 1. The minimum Gasteiger partial charge on any atom is -0.618 e. The molecule has 0 bridgehead atoms. The number of nitrogens with zero attached hydrogens (tertiary/aromatic N) is 3. The summed E-state index contributed by atoms with van der Waals surface area (Å²) in [6, 6.07) is 1.54. The number of carbonyl (C=O) groups excluding carboxylic acids is 1. The highest BCUT2D eigenvalue weighted by Crippen LogP contribution is 2.31. The van der Waals surface area contributed by atoms with Crippen molar-refractivity contribution in [1.29, 1.82) is 0 Å². The number of benzene rings is 1. The maximum absolute atomic E-state index is 14.5. The normalized spacial score (nSPS) is 14.6. The Labute approximate surface area is 168 Å². The van der Waals surface area contributed by atoms with Crippen LogP contribution in [0.3, 0.4) is 0 Å². The first kappa shape index (κ1) is 22.7. The average molecular weight is 441 g/mol. The van der Waals surface area contributed by atoms with Gasteiger partial charge >= 0.3 is 23.5 Å². The summed E-state index contributed by atoms with van der Waals surface area (Å²) < 4.78 is 58.3.